The van der Waals surface area contributed by atoms with E-state index in [0.29, 0.717) is 11.3 Å². The molecule has 0 unspecified atom stereocenters. The summed E-state index contributed by atoms with van der Waals surface area (Å²) in [4.78, 5) is 14.3. The van der Waals surface area contributed by atoms with Gasteiger partial charge >= 0.3 is 0 Å². The van der Waals surface area contributed by atoms with Crippen molar-refractivity contribution in [3.05, 3.63) is 0 Å². The number of hydrogen-bond acceptors (Lipinski definition) is 2. The first-order valence-corrected chi connectivity index (χ1v) is 8.74. The molecule has 0 atom stereocenters. The molecule has 2 N–H and O–H groups in total. The molecule has 1 aliphatic heterocycles. The Hall–Kier alpha value is -0.280. The van der Waals surface area contributed by atoms with Gasteiger partial charge in [0, 0.05) is 19.5 Å². The standard InChI is InChI=1S/C17H32N2O.ClH/c18-13-7-2-1-4-8-16(20)19-14-11-17(12-15-19)9-5-3-6-10-17;/h1-15,18H2;1H. The Labute approximate surface area is 136 Å². The van der Waals surface area contributed by atoms with E-state index in [2.05, 4.69) is 4.90 Å². The minimum Gasteiger partial charge on any atom is -0.343 e. The smallest absolute Gasteiger partial charge is 0.222 e. The molecule has 21 heavy (non-hydrogen) atoms. The Morgan fingerprint density at radius 2 is 1.52 bits per heavy atom. The zero-order chi connectivity index (χ0) is 14.3. The molecule has 2 fully saturated rings. The van der Waals surface area contributed by atoms with Crippen LogP contribution in [0.2, 0.25) is 0 Å². The summed E-state index contributed by atoms with van der Waals surface area (Å²) in [5.41, 5.74) is 6.09. The van der Waals surface area contributed by atoms with Gasteiger partial charge in [-0.25, -0.2) is 0 Å². The summed E-state index contributed by atoms with van der Waals surface area (Å²) >= 11 is 0. The lowest BCUT2D eigenvalue weighted by molar-refractivity contribution is -0.134. The van der Waals surface area contributed by atoms with Crippen molar-refractivity contribution in [1.29, 1.82) is 0 Å². The summed E-state index contributed by atoms with van der Waals surface area (Å²) in [6.07, 6.45) is 14.8. The Balaban J connectivity index is 0.00000220. The Morgan fingerprint density at radius 3 is 2.14 bits per heavy atom. The van der Waals surface area contributed by atoms with Crippen LogP contribution in [0, 0.1) is 5.41 Å². The second-order valence-corrected chi connectivity index (χ2v) is 6.89. The number of likely N-dealkylation sites (tertiary alicyclic amines) is 1. The van der Waals surface area contributed by atoms with E-state index >= 15 is 0 Å². The van der Waals surface area contributed by atoms with Crippen LogP contribution in [-0.4, -0.2) is 30.4 Å². The first-order valence-electron chi connectivity index (χ1n) is 8.74. The third kappa shape index (κ3) is 5.78. The highest BCUT2D eigenvalue weighted by molar-refractivity contribution is 5.85. The summed E-state index contributed by atoms with van der Waals surface area (Å²) in [7, 11) is 0. The van der Waals surface area contributed by atoms with Gasteiger partial charge in [0.2, 0.25) is 5.91 Å². The monoisotopic (exact) mass is 316 g/mol. The first kappa shape index (κ1) is 18.8. The molecule has 0 radical (unpaired) electrons. The maximum absolute atomic E-state index is 12.2. The molecule has 2 rings (SSSR count). The van der Waals surface area contributed by atoms with Crippen molar-refractivity contribution < 1.29 is 4.79 Å². The van der Waals surface area contributed by atoms with E-state index in [1.807, 2.05) is 0 Å². The van der Waals surface area contributed by atoms with Crippen LogP contribution in [-0.2, 0) is 4.79 Å². The average molecular weight is 317 g/mol. The number of hydrogen-bond donors (Lipinski definition) is 1. The van der Waals surface area contributed by atoms with Crippen molar-refractivity contribution in [2.75, 3.05) is 19.6 Å². The van der Waals surface area contributed by atoms with Crippen LogP contribution in [0.3, 0.4) is 0 Å². The largest absolute Gasteiger partial charge is 0.343 e. The average Bonchev–Trinajstić information content (AvgIpc) is 2.48. The summed E-state index contributed by atoms with van der Waals surface area (Å²) in [5, 5.41) is 0. The Bertz CT molecular complexity index is 293. The van der Waals surface area contributed by atoms with Crippen LogP contribution >= 0.6 is 12.4 Å². The van der Waals surface area contributed by atoms with Gasteiger partial charge in [-0.2, -0.15) is 0 Å². The molecule has 1 saturated heterocycles. The van der Waals surface area contributed by atoms with Crippen LogP contribution in [0.5, 0.6) is 0 Å². The number of rotatable bonds is 6. The van der Waals surface area contributed by atoms with Crippen LogP contribution in [0.25, 0.3) is 0 Å². The number of nitrogens with two attached hydrogens (primary N) is 1. The normalized spacial score (nSPS) is 21.1. The topological polar surface area (TPSA) is 46.3 Å². The lowest BCUT2D eigenvalue weighted by Crippen LogP contribution is -2.43. The minimum atomic E-state index is 0. The van der Waals surface area contributed by atoms with Crippen LogP contribution in [0.4, 0.5) is 0 Å². The van der Waals surface area contributed by atoms with E-state index in [0.717, 1.165) is 45.3 Å². The van der Waals surface area contributed by atoms with Crippen molar-refractivity contribution >= 4 is 18.3 Å². The second-order valence-electron chi connectivity index (χ2n) is 6.89. The SMILES string of the molecule is Cl.NCCCCCCC(=O)N1CCC2(CCCCC2)CC1. The third-order valence-corrected chi connectivity index (χ3v) is 5.44. The molecule has 1 amide bonds. The van der Waals surface area contributed by atoms with Gasteiger partial charge in [-0.05, 0) is 50.5 Å². The van der Waals surface area contributed by atoms with Gasteiger partial charge in [0.1, 0.15) is 0 Å². The van der Waals surface area contributed by atoms with E-state index in [1.165, 1.54) is 51.4 Å². The molecule has 1 aliphatic carbocycles. The highest BCUT2D eigenvalue weighted by Crippen LogP contribution is 2.44. The van der Waals surface area contributed by atoms with Crippen molar-refractivity contribution in [1.82, 2.24) is 4.90 Å². The van der Waals surface area contributed by atoms with E-state index in [9.17, 15) is 4.79 Å². The molecular weight excluding hydrogens is 284 g/mol. The van der Waals surface area contributed by atoms with Gasteiger partial charge in [0.15, 0.2) is 0 Å². The molecule has 0 aromatic heterocycles. The molecule has 0 bridgehead atoms. The number of nitrogens with zero attached hydrogens (tertiary/aromatic N) is 1. The second kappa shape index (κ2) is 9.68. The van der Waals surface area contributed by atoms with Gasteiger partial charge in [-0.15, -0.1) is 12.4 Å². The summed E-state index contributed by atoms with van der Waals surface area (Å²) in [6.45, 7) is 2.81. The lowest BCUT2D eigenvalue weighted by atomic mass is 9.68. The molecule has 3 nitrogen and oxygen atoms in total. The minimum absolute atomic E-state index is 0. The third-order valence-electron chi connectivity index (χ3n) is 5.44. The number of amides is 1. The predicted molar refractivity (Wildman–Crippen MR) is 90.7 cm³/mol. The van der Waals surface area contributed by atoms with Gasteiger partial charge in [-0.3, -0.25) is 4.79 Å². The number of piperidine rings is 1. The Kier molecular flexibility index (Phi) is 8.65. The predicted octanol–water partition coefficient (Wildman–Crippen LogP) is 3.89. The molecule has 2 aliphatic rings. The van der Waals surface area contributed by atoms with Gasteiger partial charge < -0.3 is 10.6 Å². The maximum Gasteiger partial charge on any atom is 0.222 e. The number of unbranched alkanes of at least 4 members (excludes halogenated alkanes) is 3. The van der Waals surface area contributed by atoms with E-state index in [1.54, 1.807) is 0 Å². The molecule has 124 valence electrons. The van der Waals surface area contributed by atoms with Crippen molar-refractivity contribution in [3.63, 3.8) is 0 Å². The number of halogens is 1. The van der Waals surface area contributed by atoms with Gasteiger partial charge in [-0.1, -0.05) is 32.1 Å². The number of carbonyl (C=O) groups is 1. The van der Waals surface area contributed by atoms with Crippen LogP contribution < -0.4 is 5.73 Å². The molecule has 1 saturated carbocycles. The van der Waals surface area contributed by atoms with Gasteiger partial charge in [0.05, 0.1) is 0 Å². The van der Waals surface area contributed by atoms with Crippen molar-refractivity contribution in [2.45, 2.75) is 77.0 Å². The fourth-order valence-electron chi connectivity index (χ4n) is 3.96. The fourth-order valence-corrected chi connectivity index (χ4v) is 3.96. The summed E-state index contributed by atoms with van der Waals surface area (Å²) in [6, 6.07) is 0. The maximum atomic E-state index is 12.2. The highest BCUT2D eigenvalue weighted by atomic mass is 35.5. The van der Waals surface area contributed by atoms with E-state index < -0.39 is 0 Å². The molecule has 4 heteroatoms. The van der Waals surface area contributed by atoms with E-state index in [-0.39, 0.29) is 12.4 Å². The number of carbonyl (C=O) groups excluding carboxylic acids is 1. The van der Waals surface area contributed by atoms with Crippen molar-refractivity contribution in [2.24, 2.45) is 11.1 Å². The van der Waals surface area contributed by atoms with Crippen LogP contribution in [0.1, 0.15) is 77.0 Å². The summed E-state index contributed by atoms with van der Waals surface area (Å²) in [5.74, 6) is 0.392. The molecule has 0 aromatic carbocycles. The lowest BCUT2D eigenvalue weighted by Gasteiger charge is -2.44. The molecule has 0 aromatic rings. The zero-order valence-corrected chi connectivity index (χ0v) is 14.3. The zero-order valence-electron chi connectivity index (χ0n) is 13.4. The molecule has 1 heterocycles. The van der Waals surface area contributed by atoms with E-state index in [4.69, 9.17) is 5.73 Å². The fraction of sp³-hybridized carbons (Fsp3) is 0.941. The Morgan fingerprint density at radius 1 is 0.905 bits per heavy atom. The molecule has 1 spiro atoms. The van der Waals surface area contributed by atoms with Crippen molar-refractivity contribution in [3.8, 4) is 0 Å². The highest BCUT2D eigenvalue weighted by Gasteiger charge is 2.36. The van der Waals surface area contributed by atoms with Crippen LogP contribution in [0.15, 0.2) is 0 Å². The molecular formula is C17H33ClN2O. The summed E-state index contributed by atoms with van der Waals surface area (Å²) < 4.78 is 0. The quantitative estimate of drug-likeness (QED) is 0.756. The van der Waals surface area contributed by atoms with Gasteiger partial charge in [0.25, 0.3) is 0 Å². The first-order chi connectivity index (χ1) is 9.76.